The normalized spacial score (nSPS) is 15.3. The third-order valence-corrected chi connectivity index (χ3v) is 8.03. The number of sulfonamides is 1. The van der Waals surface area contributed by atoms with Gasteiger partial charge in [0.2, 0.25) is 10.0 Å². The fourth-order valence-corrected chi connectivity index (χ4v) is 6.03. The van der Waals surface area contributed by atoms with Crippen molar-refractivity contribution >= 4 is 21.8 Å². The molecule has 0 aliphatic carbocycles. The molecule has 1 atom stereocenters. The van der Waals surface area contributed by atoms with E-state index in [1.165, 1.54) is 12.8 Å². The van der Waals surface area contributed by atoms with Crippen molar-refractivity contribution in [3.8, 4) is 0 Å². The van der Waals surface area contributed by atoms with E-state index in [1.54, 1.807) is 23.9 Å². The number of nitrogens with zero attached hydrogens (tertiary/aromatic N) is 3. The Morgan fingerprint density at radius 1 is 1.03 bits per heavy atom. The first kappa shape index (κ1) is 22.0. The molecule has 1 N–H and O–H groups in total. The van der Waals surface area contributed by atoms with Crippen LogP contribution in [0, 0.1) is 6.92 Å². The van der Waals surface area contributed by atoms with Crippen molar-refractivity contribution in [2.45, 2.75) is 61.7 Å². The van der Waals surface area contributed by atoms with Gasteiger partial charge < -0.3 is 4.57 Å². The number of hydrogen-bond acceptors (Lipinski definition) is 5. The van der Waals surface area contributed by atoms with Gasteiger partial charge in [-0.25, -0.2) is 13.1 Å². The Morgan fingerprint density at radius 3 is 2.58 bits per heavy atom. The largest absolute Gasteiger partial charge is 0.306 e. The summed E-state index contributed by atoms with van der Waals surface area (Å²) >= 11 is 1.65. The summed E-state index contributed by atoms with van der Waals surface area (Å²) in [6.45, 7) is 2.91. The summed E-state index contributed by atoms with van der Waals surface area (Å²) in [5, 5.41) is 9.67. The molecule has 0 spiro atoms. The van der Waals surface area contributed by atoms with Crippen molar-refractivity contribution in [3.63, 3.8) is 0 Å². The molecule has 4 rings (SSSR count). The minimum Gasteiger partial charge on any atom is -0.306 e. The predicted octanol–water partition coefficient (Wildman–Crippen LogP) is 4.51. The third-order valence-electron chi connectivity index (χ3n) is 5.54. The summed E-state index contributed by atoms with van der Waals surface area (Å²) < 4.78 is 31.2. The molecule has 1 aromatic heterocycles. The number of aryl methyl sites for hydroxylation is 2. The molecule has 3 aromatic rings. The second-order valence-corrected chi connectivity index (χ2v) is 10.7. The zero-order chi connectivity index (χ0) is 21.7. The first-order valence-electron chi connectivity index (χ1n) is 10.7. The Kier molecular flexibility index (Phi) is 7.09. The molecule has 6 nitrogen and oxygen atoms in total. The van der Waals surface area contributed by atoms with Gasteiger partial charge in [-0.05, 0) is 43.9 Å². The Labute approximate surface area is 188 Å². The Hall–Kier alpha value is -2.16. The van der Waals surface area contributed by atoms with Crippen LogP contribution in [0.15, 0.2) is 64.6 Å². The second kappa shape index (κ2) is 9.97. The Bertz CT molecular complexity index is 1100. The number of rotatable bonds is 8. The lowest BCUT2D eigenvalue weighted by Crippen LogP contribution is -2.29. The van der Waals surface area contributed by atoms with Crippen LogP contribution in [0.5, 0.6) is 0 Å². The maximum Gasteiger partial charge on any atom is 0.241 e. The highest BCUT2D eigenvalue weighted by Gasteiger charge is 2.22. The molecule has 1 aliphatic rings. The van der Waals surface area contributed by atoms with Crippen molar-refractivity contribution in [2.24, 2.45) is 0 Å². The lowest BCUT2D eigenvalue weighted by molar-refractivity contribution is 0.551. The highest BCUT2D eigenvalue weighted by Crippen LogP contribution is 2.27. The van der Waals surface area contributed by atoms with E-state index in [0.29, 0.717) is 6.42 Å². The average Bonchev–Trinajstić information content (AvgIpc) is 3.00. The van der Waals surface area contributed by atoms with Crippen LogP contribution in [0.3, 0.4) is 0 Å². The quantitative estimate of drug-likeness (QED) is 0.505. The number of nitrogens with one attached hydrogen (secondary N) is 1. The van der Waals surface area contributed by atoms with Crippen LogP contribution in [0.1, 0.15) is 48.7 Å². The van der Waals surface area contributed by atoms with Crippen LogP contribution < -0.4 is 4.72 Å². The minimum absolute atomic E-state index is 0.287. The maximum atomic E-state index is 13.0. The SMILES string of the molecule is Cc1ccc(S(=O)(=O)NC(CCSc2nnc3n2CCCCC3)c2ccccc2)cc1. The van der Waals surface area contributed by atoms with Gasteiger partial charge >= 0.3 is 0 Å². The van der Waals surface area contributed by atoms with Gasteiger partial charge in [-0.1, -0.05) is 66.2 Å². The molecular formula is C23H28N4O2S2. The van der Waals surface area contributed by atoms with Gasteiger partial charge in [0.15, 0.2) is 5.16 Å². The summed E-state index contributed by atoms with van der Waals surface area (Å²) in [5.41, 5.74) is 1.99. The number of thioether (sulfide) groups is 1. The summed E-state index contributed by atoms with van der Waals surface area (Å²) in [6, 6.07) is 16.4. The summed E-state index contributed by atoms with van der Waals surface area (Å²) in [7, 11) is -3.62. The van der Waals surface area contributed by atoms with E-state index in [4.69, 9.17) is 0 Å². The molecule has 8 heteroatoms. The summed E-state index contributed by atoms with van der Waals surface area (Å²) in [6.07, 6.45) is 5.18. The van der Waals surface area contributed by atoms with E-state index in [2.05, 4.69) is 19.5 Å². The molecule has 0 radical (unpaired) electrons. The van der Waals surface area contributed by atoms with Gasteiger partial charge in [0.05, 0.1) is 4.90 Å². The van der Waals surface area contributed by atoms with Gasteiger partial charge in [0.1, 0.15) is 5.82 Å². The van der Waals surface area contributed by atoms with Crippen LogP contribution in [0.2, 0.25) is 0 Å². The van der Waals surface area contributed by atoms with Crippen LogP contribution in [-0.4, -0.2) is 28.9 Å². The van der Waals surface area contributed by atoms with Gasteiger partial charge in [-0.15, -0.1) is 10.2 Å². The number of fused-ring (bicyclic) bond motifs is 1. The lowest BCUT2D eigenvalue weighted by Gasteiger charge is -2.19. The molecular weight excluding hydrogens is 428 g/mol. The third kappa shape index (κ3) is 5.56. The maximum absolute atomic E-state index is 13.0. The monoisotopic (exact) mass is 456 g/mol. The van der Waals surface area contributed by atoms with Crippen LogP contribution in [-0.2, 0) is 23.0 Å². The van der Waals surface area contributed by atoms with Crippen LogP contribution in [0.4, 0.5) is 0 Å². The Balaban J connectivity index is 1.47. The molecule has 1 aliphatic heterocycles. The lowest BCUT2D eigenvalue weighted by atomic mass is 10.1. The molecule has 0 saturated heterocycles. The fraction of sp³-hybridized carbons (Fsp3) is 0.391. The van der Waals surface area contributed by atoms with Crippen molar-refractivity contribution in [3.05, 3.63) is 71.5 Å². The molecule has 164 valence electrons. The number of aromatic nitrogens is 3. The first-order chi connectivity index (χ1) is 15.0. The van der Waals surface area contributed by atoms with Gasteiger partial charge in [0.25, 0.3) is 0 Å². The summed E-state index contributed by atoms with van der Waals surface area (Å²) in [5.74, 6) is 1.81. The van der Waals surface area contributed by atoms with E-state index in [1.807, 2.05) is 49.4 Å². The molecule has 0 amide bonds. The molecule has 0 fully saturated rings. The van der Waals surface area contributed by atoms with Crippen molar-refractivity contribution < 1.29 is 8.42 Å². The van der Waals surface area contributed by atoms with E-state index >= 15 is 0 Å². The topological polar surface area (TPSA) is 76.9 Å². The van der Waals surface area contributed by atoms with Gasteiger partial charge in [-0.3, -0.25) is 0 Å². The average molecular weight is 457 g/mol. The minimum atomic E-state index is -3.62. The van der Waals surface area contributed by atoms with Crippen molar-refractivity contribution in [1.82, 2.24) is 19.5 Å². The zero-order valence-electron chi connectivity index (χ0n) is 17.7. The highest BCUT2D eigenvalue weighted by atomic mass is 32.2. The van der Waals surface area contributed by atoms with Crippen LogP contribution in [0.25, 0.3) is 0 Å². The smallest absolute Gasteiger partial charge is 0.241 e. The van der Waals surface area contributed by atoms with Crippen molar-refractivity contribution in [1.29, 1.82) is 0 Å². The zero-order valence-corrected chi connectivity index (χ0v) is 19.3. The standard InChI is InChI=1S/C23H28N4O2S2/c1-18-11-13-20(14-12-18)31(28,29)26-21(19-8-4-2-5-9-19)15-17-30-23-25-24-22-10-6-3-7-16-27(22)23/h2,4-5,8-9,11-14,21,26H,3,6-7,10,15-17H2,1H3. The van der Waals surface area contributed by atoms with E-state index < -0.39 is 10.0 Å². The number of benzene rings is 2. The van der Waals surface area contributed by atoms with Gasteiger partial charge in [0, 0.05) is 24.8 Å². The molecule has 0 bridgehead atoms. The van der Waals surface area contributed by atoms with Crippen molar-refractivity contribution in [2.75, 3.05) is 5.75 Å². The highest BCUT2D eigenvalue weighted by molar-refractivity contribution is 7.99. The summed E-state index contributed by atoms with van der Waals surface area (Å²) in [4.78, 5) is 0.287. The number of hydrogen-bond donors (Lipinski definition) is 1. The van der Waals surface area contributed by atoms with E-state index in [-0.39, 0.29) is 10.9 Å². The second-order valence-electron chi connectivity index (χ2n) is 7.90. The molecule has 1 unspecified atom stereocenters. The first-order valence-corrected chi connectivity index (χ1v) is 13.2. The molecule has 31 heavy (non-hydrogen) atoms. The molecule has 2 aromatic carbocycles. The molecule has 2 heterocycles. The molecule has 0 saturated carbocycles. The van der Waals surface area contributed by atoms with Crippen LogP contribution >= 0.6 is 11.8 Å². The van der Waals surface area contributed by atoms with E-state index in [9.17, 15) is 8.42 Å². The van der Waals surface area contributed by atoms with E-state index in [0.717, 1.165) is 47.2 Å². The Morgan fingerprint density at radius 2 is 1.81 bits per heavy atom. The predicted molar refractivity (Wildman–Crippen MR) is 124 cm³/mol. The fourth-order valence-electron chi connectivity index (χ4n) is 3.78. The van der Waals surface area contributed by atoms with Gasteiger partial charge in [-0.2, -0.15) is 0 Å².